The second-order valence-corrected chi connectivity index (χ2v) is 11.2. The summed E-state index contributed by atoms with van der Waals surface area (Å²) in [5.41, 5.74) is 13.9. The lowest BCUT2D eigenvalue weighted by Gasteiger charge is -2.30. The number of likely N-dealkylation sites (tertiary alicyclic amines) is 1. The number of aliphatic hydroxyl groups excluding tert-OH is 2. The Kier molecular flexibility index (Phi) is 8.02. The van der Waals surface area contributed by atoms with E-state index in [1.807, 2.05) is 12.1 Å². The Morgan fingerprint density at radius 1 is 1.07 bits per heavy atom. The van der Waals surface area contributed by atoms with Crippen molar-refractivity contribution in [1.29, 1.82) is 0 Å². The van der Waals surface area contributed by atoms with Crippen molar-refractivity contribution >= 4 is 34.7 Å². The molecule has 43 heavy (non-hydrogen) atoms. The van der Waals surface area contributed by atoms with Crippen LogP contribution in [0.25, 0.3) is 11.2 Å². The lowest BCUT2D eigenvalue weighted by Crippen LogP contribution is -2.43. The van der Waals surface area contributed by atoms with Crippen LogP contribution in [0.2, 0.25) is 0 Å². The van der Waals surface area contributed by atoms with Gasteiger partial charge in [-0.05, 0) is 55.2 Å². The zero-order valence-corrected chi connectivity index (χ0v) is 23.4. The van der Waals surface area contributed by atoms with Crippen LogP contribution in [0.1, 0.15) is 49.7 Å². The molecule has 0 radical (unpaired) electrons. The fraction of sp³-hybridized carbons (Fsp3) is 0.483. The first-order chi connectivity index (χ1) is 20.8. The highest BCUT2D eigenvalue weighted by atomic mass is 16.6. The summed E-state index contributed by atoms with van der Waals surface area (Å²) in [6.07, 6.45) is -0.179. The van der Waals surface area contributed by atoms with Crippen LogP contribution in [0.15, 0.2) is 30.6 Å². The highest BCUT2D eigenvalue weighted by Crippen LogP contribution is 2.33. The average molecular weight is 591 g/mol. The number of fused-ring (bicyclic) bond motifs is 1. The number of amides is 2. The van der Waals surface area contributed by atoms with E-state index in [0.29, 0.717) is 31.1 Å². The molecule has 6 rings (SSSR count). The number of carbonyl (C=O) groups excluding carboxylic acids is 2. The molecule has 0 spiro atoms. The molecule has 3 fully saturated rings. The van der Waals surface area contributed by atoms with Crippen LogP contribution in [-0.4, -0.2) is 84.1 Å². The Bertz CT molecular complexity index is 1550. The summed E-state index contributed by atoms with van der Waals surface area (Å²) >= 11 is 0. The largest absolute Gasteiger partial charge is 0.445 e. The number of carbonyl (C=O) groups is 2. The maximum atomic E-state index is 12.5. The fourth-order valence-corrected chi connectivity index (χ4v) is 5.24. The zero-order valence-electron chi connectivity index (χ0n) is 23.4. The van der Waals surface area contributed by atoms with E-state index < -0.39 is 30.4 Å². The molecular formula is C29H34N8O6. The van der Waals surface area contributed by atoms with E-state index in [-0.39, 0.29) is 41.5 Å². The monoisotopic (exact) mass is 590 g/mol. The van der Waals surface area contributed by atoms with E-state index in [9.17, 15) is 19.8 Å². The minimum absolute atomic E-state index is 0.0808. The van der Waals surface area contributed by atoms with Gasteiger partial charge in [-0.2, -0.15) is 0 Å². The van der Waals surface area contributed by atoms with Gasteiger partial charge in [0.2, 0.25) is 5.82 Å². The van der Waals surface area contributed by atoms with E-state index in [4.69, 9.17) is 20.9 Å². The van der Waals surface area contributed by atoms with Gasteiger partial charge in [0.15, 0.2) is 23.8 Å². The lowest BCUT2D eigenvalue weighted by molar-refractivity contribution is -0.137. The average Bonchev–Trinajstić information content (AvgIpc) is 3.64. The smallest absolute Gasteiger partial charge is 0.410 e. The van der Waals surface area contributed by atoms with Gasteiger partial charge in [-0.15, -0.1) is 0 Å². The Morgan fingerprint density at radius 3 is 2.53 bits per heavy atom. The van der Waals surface area contributed by atoms with Crippen molar-refractivity contribution in [3.63, 3.8) is 0 Å². The van der Waals surface area contributed by atoms with Gasteiger partial charge >= 0.3 is 6.09 Å². The summed E-state index contributed by atoms with van der Waals surface area (Å²) < 4.78 is 12.6. The first kappa shape index (κ1) is 28.7. The topological polar surface area (TPSA) is 204 Å². The molecule has 14 heteroatoms. The van der Waals surface area contributed by atoms with Crippen molar-refractivity contribution in [2.75, 3.05) is 24.6 Å². The molecule has 7 N–H and O–H groups in total. The Morgan fingerprint density at radius 2 is 1.81 bits per heavy atom. The van der Waals surface area contributed by atoms with Gasteiger partial charge in [0, 0.05) is 31.2 Å². The third kappa shape index (κ3) is 6.34. The maximum absolute atomic E-state index is 12.5. The highest BCUT2D eigenvalue weighted by molar-refractivity contribution is 5.83. The molecule has 2 aromatic heterocycles. The predicted molar refractivity (Wildman–Crippen MR) is 154 cm³/mol. The van der Waals surface area contributed by atoms with Gasteiger partial charge in [0.1, 0.15) is 24.3 Å². The van der Waals surface area contributed by atoms with Gasteiger partial charge in [-0.1, -0.05) is 18.1 Å². The van der Waals surface area contributed by atoms with Crippen LogP contribution in [0.3, 0.4) is 0 Å². The van der Waals surface area contributed by atoms with Crippen molar-refractivity contribution in [1.82, 2.24) is 29.7 Å². The number of nitrogens with one attached hydrogen (secondary N) is 1. The van der Waals surface area contributed by atoms with Gasteiger partial charge in [-0.3, -0.25) is 9.36 Å². The van der Waals surface area contributed by atoms with Crippen molar-refractivity contribution < 1.29 is 29.3 Å². The summed E-state index contributed by atoms with van der Waals surface area (Å²) in [7, 11) is 0. The molecule has 2 saturated heterocycles. The Balaban J connectivity index is 1.05. The molecule has 4 atom stereocenters. The number of nitrogens with two attached hydrogens (primary N) is 2. The Hall–Kier alpha value is -4.45. The third-order valence-electron chi connectivity index (χ3n) is 7.95. The second kappa shape index (κ2) is 12.0. The molecule has 226 valence electrons. The van der Waals surface area contributed by atoms with Crippen LogP contribution in [0.5, 0.6) is 0 Å². The first-order valence-corrected chi connectivity index (χ1v) is 14.3. The number of benzene rings is 1. The summed E-state index contributed by atoms with van der Waals surface area (Å²) in [4.78, 5) is 39.7. The normalized spacial score (nSPS) is 24.0. The SMILES string of the molecule is Nc1ccc(COC(=O)N2CCC(CC#Cc3nc(N)c4ncn([C@@H]5O[C@H](C(=O)NC6CC6)[C@@H](O)[C@H]5O)c4n3)CC2)cc1. The Labute approximate surface area is 247 Å². The lowest BCUT2D eigenvalue weighted by atomic mass is 9.94. The van der Waals surface area contributed by atoms with E-state index in [0.717, 1.165) is 31.2 Å². The minimum atomic E-state index is -1.42. The van der Waals surface area contributed by atoms with Crippen LogP contribution in [0, 0.1) is 17.8 Å². The number of anilines is 2. The minimum Gasteiger partial charge on any atom is -0.445 e. The first-order valence-electron chi connectivity index (χ1n) is 14.3. The number of ether oxygens (including phenoxy) is 2. The molecule has 0 bridgehead atoms. The molecular weight excluding hydrogens is 556 g/mol. The number of nitrogens with zero attached hydrogens (tertiary/aromatic N) is 5. The molecule has 0 unspecified atom stereocenters. The molecule has 2 amide bonds. The molecule has 1 saturated carbocycles. The summed E-state index contributed by atoms with van der Waals surface area (Å²) in [6.45, 7) is 1.35. The van der Waals surface area contributed by atoms with Crippen LogP contribution >= 0.6 is 0 Å². The van der Waals surface area contributed by atoms with Gasteiger partial charge in [0.05, 0.1) is 6.33 Å². The van der Waals surface area contributed by atoms with Gasteiger partial charge in [0.25, 0.3) is 5.91 Å². The molecule has 3 aromatic rings. The number of nitrogen functional groups attached to an aromatic ring is 2. The molecule has 1 aromatic carbocycles. The van der Waals surface area contributed by atoms with Gasteiger partial charge in [-0.25, -0.2) is 19.7 Å². The summed E-state index contributed by atoms with van der Waals surface area (Å²) in [5.74, 6) is 6.19. The quantitative estimate of drug-likeness (QED) is 0.199. The zero-order chi connectivity index (χ0) is 30.1. The second-order valence-electron chi connectivity index (χ2n) is 11.2. The standard InChI is InChI=1S/C29H34N8O6/c30-18-6-4-17(5-7-18)14-42-29(41)36-12-10-16(11-13-36)2-1-3-20-34-25(31)21-26(35-20)37(15-32-21)28-23(39)22(38)24(43-28)27(40)33-19-8-9-19/h4-7,15-16,19,22-24,28,38-39H,2,8-14,30H2,(H,33,40)(H2,31,34,35)/t22-,23+,24-,28+/m0/s1. The predicted octanol–water partition coefficient (Wildman–Crippen LogP) is 0.679. The van der Waals surface area contributed by atoms with Crippen molar-refractivity contribution in [3.8, 4) is 11.8 Å². The molecule has 3 aliphatic rings. The molecule has 2 aliphatic heterocycles. The van der Waals surface area contributed by atoms with E-state index >= 15 is 0 Å². The number of aliphatic hydroxyl groups is 2. The van der Waals surface area contributed by atoms with E-state index in [1.165, 1.54) is 10.9 Å². The van der Waals surface area contributed by atoms with Crippen molar-refractivity contribution in [2.24, 2.45) is 5.92 Å². The van der Waals surface area contributed by atoms with Gasteiger partial charge < -0.3 is 41.4 Å². The third-order valence-corrected chi connectivity index (χ3v) is 7.95. The molecule has 4 heterocycles. The number of aromatic nitrogens is 4. The number of imidazole rings is 1. The molecule has 14 nitrogen and oxygen atoms in total. The van der Waals surface area contributed by atoms with Crippen LogP contribution < -0.4 is 16.8 Å². The van der Waals surface area contributed by atoms with Crippen LogP contribution in [0.4, 0.5) is 16.3 Å². The fourth-order valence-electron chi connectivity index (χ4n) is 5.24. The number of hydrogen-bond donors (Lipinski definition) is 5. The van der Waals surface area contributed by atoms with Crippen molar-refractivity contribution in [2.45, 2.75) is 69.3 Å². The summed E-state index contributed by atoms with van der Waals surface area (Å²) in [6, 6.07) is 7.29. The van der Waals surface area contributed by atoms with Crippen molar-refractivity contribution in [3.05, 3.63) is 42.0 Å². The van der Waals surface area contributed by atoms with E-state index in [1.54, 1.807) is 17.0 Å². The maximum Gasteiger partial charge on any atom is 0.410 e. The number of piperidine rings is 1. The van der Waals surface area contributed by atoms with Crippen LogP contribution in [-0.2, 0) is 20.9 Å². The number of hydrogen-bond acceptors (Lipinski definition) is 11. The molecule has 1 aliphatic carbocycles. The number of rotatable bonds is 6. The van der Waals surface area contributed by atoms with E-state index in [2.05, 4.69) is 32.1 Å². The summed E-state index contributed by atoms with van der Waals surface area (Å²) in [5, 5.41) is 24.0. The highest BCUT2D eigenvalue weighted by Gasteiger charge is 2.48.